The van der Waals surface area contributed by atoms with Crippen molar-refractivity contribution in [3.63, 3.8) is 0 Å². The number of alkyl halides is 6. The average Bonchev–Trinajstić information content (AvgIpc) is 3.52. The molecule has 0 saturated heterocycles. The highest BCUT2D eigenvalue weighted by molar-refractivity contribution is 5.73. The number of methoxy groups -OCH3 is 1. The van der Waals surface area contributed by atoms with Gasteiger partial charge in [0.1, 0.15) is 19.3 Å². The van der Waals surface area contributed by atoms with Crippen LogP contribution in [0.15, 0.2) is 24.3 Å². The SMILES string of the molecule is CCCCCCCC/C=C\CCCCCCCCOCC(COCCOCCOCCOCCOCCOCCOC(=O)CNCCOC(=O)CNCCOC)OCCCCCCCC/C=C\CCCCCCCC.O=C(O)C(F)(F)F.O=C(O)C(F)(F)F. The van der Waals surface area contributed by atoms with Gasteiger partial charge >= 0.3 is 36.2 Å². The first kappa shape index (κ1) is 89.7. The Bertz CT molecular complexity index is 1560. The Morgan fingerprint density at radius 3 is 1.00 bits per heavy atom. The van der Waals surface area contributed by atoms with Gasteiger partial charge in [0.05, 0.1) is 106 Å². The van der Waals surface area contributed by atoms with Gasteiger partial charge in [-0.05, 0) is 64.2 Å². The molecule has 0 aromatic rings. The van der Waals surface area contributed by atoms with E-state index in [1.54, 1.807) is 7.11 Å². The van der Waals surface area contributed by atoms with Gasteiger partial charge in [-0.15, -0.1) is 0 Å². The Morgan fingerprint density at radius 1 is 0.371 bits per heavy atom. The standard InChI is InChI=1S/C60H116N2O13.2C2HF3O2/c1-4-6-8-10-12-14-16-18-20-22-24-26-28-30-32-34-38-71-56-58(73-39-35-33-31-29-27-25-23-21-19-17-15-13-11-9-7-5-2)57-72-51-50-69-47-46-67-43-42-66-44-45-68-48-49-70-52-53-75-60(64)55-62-37-41-74-59(63)54-61-36-40-65-3;2*3-2(4,5)1(6)7/h18-21,58,61-62H,4-17,22-57H2,1-3H3;2*(H,6,7)/b20-18-,21-19-;;. The number of aliphatic carboxylic acids is 2. The molecule has 0 saturated carbocycles. The third-order valence-electron chi connectivity index (χ3n) is 12.8. The minimum absolute atomic E-state index is 0.0201. The first-order valence-corrected chi connectivity index (χ1v) is 32.8. The van der Waals surface area contributed by atoms with E-state index in [2.05, 4.69) is 48.8 Å². The van der Waals surface area contributed by atoms with Crippen molar-refractivity contribution in [1.82, 2.24) is 10.6 Å². The quantitative estimate of drug-likeness (QED) is 0.0192. The second-order valence-electron chi connectivity index (χ2n) is 21.0. The monoisotopic (exact) mass is 1300 g/mol. The molecule has 0 aliphatic rings. The van der Waals surface area contributed by atoms with Gasteiger partial charge in [-0.25, -0.2) is 9.59 Å². The first-order valence-electron chi connectivity index (χ1n) is 32.8. The molecule has 0 fully saturated rings. The second kappa shape index (κ2) is 71.9. The lowest BCUT2D eigenvalue weighted by Gasteiger charge is -2.18. The van der Waals surface area contributed by atoms with Gasteiger partial charge in [-0.1, -0.05) is 154 Å². The summed E-state index contributed by atoms with van der Waals surface area (Å²) < 4.78 is 125. The number of hydrogen-bond acceptors (Lipinski definition) is 17. The Balaban J connectivity index is -0.00000467. The van der Waals surface area contributed by atoms with E-state index in [-0.39, 0.29) is 45.0 Å². The summed E-state index contributed by atoms with van der Waals surface area (Å²) in [6.07, 6.45) is 35.8. The van der Waals surface area contributed by atoms with Gasteiger partial charge in [0, 0.05) is 33.4 Å². The molecule has 1 atom stereocenters. The highest BCUT2D eigenvalue weighted by Gasteiger charge is 2.39. The van der Waals surface area contributed by atoms with Gasteiger partial charge < -0.3 is 73.0 Å². The van der Waals surface area contributed by atoms with Gasteiger partial charge in [0.25, 0.3) is 0 Å². The Kier molecular flexibility index (Phi) is 72.5. The fraction of sp³-hybridized carbons (Fsp3) is 0.875. The maximum absolute atomic E-state index is 11.8. The van der Waals surface area contributed by atoms with E-state index in [0.717, 1.165) is 26.1 Å². The predicted octanol–water partition coefficient (Wildman–Crippen LogP) is 12.7. The maximum atomic E-state index is 11.8. The minimum atomic E-state index is -5.08. The largest absolute Gasteiger partial charge is 0.490 e. The van der Waals surface area contributed by atoms with Crippen molar-refractivity contribution >= 4 is 23.9 Å². The van der Waals surface area contributed by atoms with Crippen molar-refractivity contribution in [3.05, 3.63) is 24.3 Å². The highest BCUT2D eigenvalue weighted by Crippen LogP contribution is 2.15. The van der Waals surface area contributed by atoms with Gasteiger partial charge in [0.2, 0.25) is 0 Å². The van der Waals surface area contributed by atoms with Crippen LogP contribution < -0.4 is 10.6 Å². The van der Waals surface area contributed by atoms with Crippen LogP contribution in [-0.2, 0) is 71.3 Å². The first-order chi connectivity index (χ1) is 43.0. The molecule has 19 nitrogen and oxygen atoms in total. The summed E-state index contributed by atoms with van der Waals surface area (Å²) in [7, 11) is 1.59. The molecule has 89 heavy (non-hydrogen) atoms. The number of nitrogens with one attached hydrogen (secondary N) is 2. The number of rotatable bonds is 65. The van der Waals surface area contributed by atoms with E-state index in [0.29, 0.717) is 99.0 Å². The second-order valence-corrected chi connectivity index (χ2v) is 21.0. The summed E-state index contributed by atoms with van der Waals surface area (Å²) in [6.45, 7) is 13.9. The zero-order valence-corrected chi connectivity index (χ0v) is 54.5. The molecule has 0 aliphatic heterocycles. The normalized spacial score (nSPS) is 12.1. The number of esters is 2. The molecule has 0 aromatic carbocycles. The number of ether oxygens (including phenoxy) is 11. The third kappa shape index (κ3) is 80.5. The van der Waals surface area contributed by atoms with Crippen molar-refractivity contribution in [2.45, 2.75) is 212 Å². The number of carbonyl (C=O) groups excluding carboxylic acids is 2. The van der Waals surface area contributed by atoms with Gasteiger partial charge in [-0.2, -0.15) is 26.3 Å². The van der Waals surface area contributed by atoms with Gasteiger partial charge in [0.15, 0.2) is 0 Å². The van der Waals surface area contributed by atoms with Crippen LogP contribution in [0, 0.1) is 0 Å². The molecule has 0 bridgehead atoms. The Morgan fingerprint density at radius 2 is 0.652 bits per heavy atom. The number of allylic oxidation sites excluding steroid dienone is 4. The van der Waals surface area contributed by atoms with Crippen molar-refractivity contribution < 1.29 is 108 Å². The van der Waals surface area contributed by atoms with Crippen molar-refractivity contribution in [2.24, 2.45) is 0 Å². The molecule has 1 unspecified atom stereocenters. The van der Waals surface area contributed by atoms with Crippen molar-refractivity contribution in [2.75, 3.05) is 152 Å². The topological polar surface area (TPSA) is 234 Å². The number of carbonyl (C=O) groups is 4. The number of carboxylic acids is 2. The van der Waals surface area contributed by atoms with Crippen LogP contribution in [-0.4, -0.2) is 205 Å². The summed E-state index contributed by atoms with van der Waals surface area (Å²) in [6, 6.07) is 0. The number of carboxylic acid groups (broad SMARTS) is 2. The molecule has 528 valence electrons. The molecule has 0 aromatic heterocycles. The molecule has 25 heteroatoms. The lowest BCUT2D eigenvalue weighted by Crippen LogP contribution is -2.31. The van der Waals surface area contributed by atoms with Crippen LogP contribution in [0.25, 0.3) is 0 Å². The average molecular weight is 1300 g/mol. The summed E-state index contributed by atoms with van der Waals surface area (Å²) in [5, 5.41) is 20.0. The molecule has 0 rings (SSSR count). The smallest absolute Gasteiger partial charge is 0.475 e. The summed E-state index contributed by atoms with van der Waals surface area (Å²) in [5.41, 5.74) is 0. The molecule has 0 amide bonds. The molecule has 4 N–H and O–H groups in total. The molecule has 0 spiro atoms. The lowest BCUT2D eigenvalue weighted by atomic mass is 10.1. The molecule has 0 heterocycles. The van der Waals surface area contributed by atoms with Crippen LogP contribution in [0.2, 0.25) is 0 Å². The third-order valence-corrected chi connectivity index (χ3v) is 12.8. The maximum Gasteiger partial charge on any atom is 0.490 e. The van der Waals surface area contributed by atoms with E-state index in [4.69, 9.17) is 71.9 Å². The summed E-state index contributed by atoms with van der Waals surface area (Å²) in [5.74, 6) is -6.28. The fourth-order valence-electron chi connectivity index (χ4n) is 7.83. The Labute approximate surface area is 529 Å². The van der Waals surface area contributed by atoms with E-state index in [1.165, 1.54) is 167 Å². The van der Waals surface area contributed by atoms with E-state index in [1.807, 2.05) is 0 Å². The van der Waals surface area contributed by atoms with E-state index < -0.39 is 30.3 Å². The highest BCUT2D eigenvalue weighted by atomic mass is 19.4. The zero-order chi connectivity index (χ0) is 66.3. The van der Waals surface area contributed by atoms with E-state index in [9.17, 15) is 35.9 Å². The van der Waals surface area contributed by atoms with Crippen LogP contribution in [0.1, 0.15) is 194 Å². The summed E-state index contributed by atoms with van der Waals surface area (Å²) in [4.78, 5) is 41.2. The van der Waals surface area contributed by atoms with Crippen LogP contribution >= 0.6 is 0 Å². The lowest BCUT2D eigenvalue weighted by molar-refractivity contribution is -0.193. The predicted molar refractivity (Wildman–Crippen MR) is 331 cm³/mol. The number of hydrogen-bond donors (Lipinski definition) is 4. The number of halogens is 6. The zero-order valence-electron chi connectivity index (χ0n) is 54.5. The van der Waals surface area contributed by atoms with Gasteiger partial charge in [-0.3, -0.25) is 9.59 Å². The van der Waals surface area contributed by atoms with E-state index >= 15 is 0 Å². The summed E-state index contributed by atoms with van der Waals surface area (Å²) >= 11 is 0. The fourth-order valence-corrected chi connectivity index (χ4v) is 7.83. The Hall–Kier alpha value is -3.50. The van der Waals surface area contributed by atoms with Crippen LogP contribution in [0.5, 0.6) is 0 Å². The minimum Gasteiger partial charge on any atom is -0.475 e. The number of unbranched alkanes of at least 4 members (excludes halogenated alkanes) is 24. The molecule has 0 radical (unpaired) electrons. The van der Waals surface area contributed by atoms with Crippen LogP contribution in [0.4, 0.5) is 26.3 Å². The molecular formula is C64H118F6N2O17. The van der Waals surface area contributed by atoms with Crippen molar-refractivity contribution in [3.8, 4) is 0 Å². The molecule has 0 aliphatic carbocycles. The van der Waals surface area contributed by atoms with Crippen molar-refractivity contribution in [1.29, 1.82) is 0 Å². The van der Waals surface area contributed by atoms with Crippen LogP contribution in [0.3, 0.4) is 0 Å². The molecular weight excluding hydrogens is 1180 g/mol.